The zero-order valence-electron chi connectivity index (χ0n) is 23.4. The van der Waals surface area contributed by atoms with Gasteiger partial charge in [-0.25, -0.2) is 9.97 Å². The fourth-order valence-electron chi connectivity index (χ4n) is 5.46. The molecule has 0 unspecified atom stereocenters. The maximum atomic E-state index is 12.8. The van der Waals surface area contributed by atoms with Crippen molar-refractivity contribution in [2.45, 2.75) is 31.5 Å². The Morgan fingerprint density at radius 3 is 2.36 bits per heavy atom. The average Bonchev–Trinajstić information content (AvgIpc) is 3.06. The van der Waals surface area contributed by atoms with Gasteiger partial charge >= 0.3 is 0 Å². The number of aromatic nitrogens is 2. The van der Waals surface area contributed by atoms with E-state index in [-0.39, 0.29) is 24.7 Å². The van der Waals surface area contributed by atoms with Crippen molar-refractivity contribution >= 4 is 17.5 Å². The van der Waals surface area contributed by atoms with Gasteiger partial charge in [-0.05, 0) is 41.5 Å². The highest BCUT2D eigenvalue weighted by atomic mass is 16.7. The van der Waals surface area contributed by atoms with Crippen molar-refractivity contribution < 1.29 is 19.4 Å². The molecule has 6 rings (SSSR count). The number of nitrogens with zero attached hydrogens (tertiary/aromatic N) is 4. The summed E-state index contributed by atoms with van der Waals surface area (Å²) in [6.07, 6.45) is 3.43. The number of rotatable bonds is 8. The van der Waals surface area contributed by atoms with Gasteiger partial charge in [0.25, 0.3) is 5.91 Å². The van der Waals surface area contributed by atoms with Crippen LogP contribution in [0.5, 0.6) is 0 Å². The third kappa shape index (κ3) is 6.83. The third-order valence-corrected chi connectivity index (χ3v) is 7.74. The van der Waals surface area contributed by atoms with E-state index in [1.807, 2.05) is 72.8 Å². The van der Waals surface area contributed by atoms with Crippen LogP contribution in [-0.2, 0) is 16.1 Å². The van der Waals surface area contributed by atoms with E-state index in [0.717, 1.165) is 55.4 Å². The molecule has 9 nitrogen and oxygen atoms in total. The lowest BCUT2D eigenvalue weighted by Crippen LogP contribution is -2.50. The van der Waals surface area contributed by atoms with Gasteiger partial charge in [-0.1, -0.05) is 54.6 Å². The van der Waals surface area contributed by atoms with E-state index in [0.29, 0.717) is 17.7 Å². The number of nitrogens with one attached hydrogen (secondary N) is 1. The average molecular weight is 566 g/mol. The summed E-state index contributed by atoms with van der Waals surface area (Å²) in [5.41, 5.74) is 4.02. The maximum Gasteiger partial charge on any atom is 0.255 e. The van der Waals surface area contributed by atoms with E-state index < -0.39 is 6.29 Å². The van der Waals surface area contributed by atoms with Crippen LogP contribution >= 0.6 is 0 Å². The Kier molecular flexibility index (Phi) is 8.81. The summed E-state index contributed by atoms with van der Waals surface area (Å²) >= 11 is 0. The summed E-state index contributed by atoms with van der Waals surface area (Å²) in [6.45, 7) is 4.26. The van der Waals surface area contributed by atoms with Crippen LogP contribution in [0.3, 0.4) is 0 Å². The topological polar surface area (TPSA) is 100 Å². The minimum Gasteiger partial charge on any atom is -0.392 e. The van der Waals surface area contributed by atoms with Crippen LogP contribution in [-0.4, -0.2) is 64.7 Å². The van der Waals surface area contributed by atoms with Crippen LogP contribution in [0.15, 0.2) is 97.3 Å². The van der Waals surface area contributed by atoms with Gasteiger partial charge in [0.1, 0.15) is 0 Å². The Bertz CT molecular complexity index is 1450. The minimum atomic E-state index is -0.598. The number of aliphatic hydroxyl groups is 1. The Morgan fingerprint density at radius 2 is 1.62 bits per heavy atom. The molecule has 0 bridgehead atoms. The predicted octanol–water partition coefficient (Wildman–Crippen LogP) is 4.59. The number of ether oxygens (including phenoxy) is 2. The Morgan fingerprint density at radius 1 is 0.857 bits per heavy atom. The molecule has 9 heteroatoms. The summed E-state index contributed by atoms with van der Waals surface area (Å²) in [7, 11) is 0. The lowest BCUT2D eigenvalue weighted by atomic mass is 9.99. The molecule has 0 radical (unpaired) electrons. The van der Waals surface area contributed by atoms with Crippen molar-refractivity contribution in [3.63, 3.8) is 0 Å². The standard InChI is InChI=1S/C33H35N5O4/c39-23-24-10-12-25(13-11-24)30-21-29(22-37-16-18-38(19-17-37)33-34-14-5-15-35-33)41-32(42-30)27-8-4-9-28(20-27)36-31(40)26-6-2-1-3-7-26/h1-15,20,29-30,32,39H,16-19,21-23H2,(H,36,40)/t29-,30+,32+/m0/s1. The normalized spacial score (nSPS) is 21.2. The van der Waals surface area contributed by atoms with Crippen molar-refractivity contribution in [3.8, 4) is 0 Å². The molecule has 2 fully saturated rings. The first kappa shape index (κ1) is 28.0. The molecule has 2 aliphatic rings. The zero-order chi connectivity index (χ0) is 28.7. The molecule has 216 valence electrons. The molecular formula is C33H35N5O4. The van der Waals surface area contributed by atoms with Crippen molar-refractivity contribution in [1.29, 1.82) is 0 Å². The third-order valence-electron chi connectivity index (χ3n) is 7.74. The van der Waals surface area contributed by atoms with Crippen molar-refractivity contribution in [3.05, 3.63) is 120 Å². The number of anilines is 2. The number of carbonyl (C=O) groups excluding carboxylic acids is 1. The first-order valence-corrected chi connectivity index (χ1v) is 14.4. The molecule has 1 aromatic heterocycles. The first-order chi connectivity index (χ1) is 20.6. The van der Waals surface area contributed by atoms with Gasteiger partial charge in [-0.2, -0.15) is 0 Å². The van der Waals surface area contributed by atoms with Crippen LogP contribution in [0.1, 0.15) is 45.9 Å². The SMILES string of the molecule is O=C(Nc1cccc([C@@H]2O[C@H](CN3CCN(c4ncccn4)CC3)C[C@H](c3ccc(CO)cc3)O2)c1)c1ccccc1. The summed E-state index contributed by atoms with van der Waals surface area (Å²) < 4.78 is 13.1. The Balaban J connectivity index is 1.17. The fourth-order valence-corrected chi connectivity index (χ4v) is 5.46. The van der Waals surface area contributed by atoms with Crippen LogP contribution in [0, 0.1) is 0 Å². The Hall–Kier alpha value is -4.15. The second kappa shape index (κ2) is 13.2. The Labute approximate surface area is 245 Å². The van der Waals surface area contributed by atoms with E-state index in [9.17, 15) is 9.90 Å². The molecule has 0 saturated carbocycles. The van der Waals surface area contributed by atoms with Gasteiger partial charge < -0.3 is 24.8 Å². The van der Waals surface area contributed by atoms with Gasteiger partial charge in [0.2, 0.25) is 5.95 Å². The summed E-state index contributed by atoms with van der Waals surface area (Å²) in [6, 6.07) is 26.5. The number of hydrogen-bond donors (Lipinski definition) is 2. The molecule has 4 aromatic rings. The fraction of sp³-hybridized carbons (Fsp3) is 0.303. The van der Waals surface area contributed by atoms with Gasteiger partial charge in [0.05, 0.1) is 18.8 Å². The highest BCUT2D eigenvalue weighted by Crippen LogP contribution is 2.38. The molecule has 2 aliphatic heterocycles. The van der Waals surface area contributed by atoms with Gasteiger partial charge in [0.15, 0.2) is 6.29 Å². The molecule has 2 N–H and O–H groups in total. The number of carbonyl (C=O) groups is 1. The number of benzene rings is 3. The van der Waals surface area contributed by atoms with Crippen molar-refractivity contribution in [2.75, 3.05) is 42.9 Å². The van der Waals surface area contributed by atoms with Crippen LogP contribution in [0.4, 0.5) is 11.6 Å². The van der Waals surface area contributed by atoms with Crippen molar-refractivity contribution in [1.82, 2.24) is 14.9 Å². The summed E-state index contributed by atoms with van der Waals surface area (Å²) in [4.78, 5) is 26.2. The quantitative estimate of drug-likeness (QED) is 0.320. The highest BCUT2D eigenvalue weighted by molar-refractivity contribution is 6.04. The number of hydrogen-bond acceptors (Lipinski definition) is 8. The molecule has 0 spiro atoms. The second-order valence-corrected chi connectivity index (χ2v) is 10.6. The summed E-state index contributed by atoms with van der Waals surface area (Å²) in [5.74, 6) is 0.600. The van der Waals surface area contributed by atoms with Gasteiger partial charge in [-0.3, -0.25) is 9.69 Å². The zero-order valence-corrected chi connectivity index (χ0v) is 23.4. The van der Waals surface area contributed by atoms with E-state index >= 15 is 0 Å². The largest absolute Gasteiger partial charge is 0.392 e. The highest BCUT2D eigenvalue weighted by Gasteiger charge is 2.34. The second-order valence-electron chi connectivity index (χ2n) is 10.6. The smallest absolute Gasteiger partial charge is 0.255 e. The summed E-state index contributed by atoms with van der Waals surface area (Å²) in [5, 5.41) is 12.5. The van der Waals surface area contributed by atoms with Crippen LogP contribution < -0.4 is 10.2 Å². The molecular weight excluding hydrogens is 530 g/mol. The number of amides is 1. The number of aliphatic hydroxyl groups excluding tert-OH is 1. The lowest BCUT2D eigenvalue weighted by molar-refractivity contribution is -0.253. The molecule has 2 saturated heterocycles. The van der Waals surface area contributed by atoms with E-state index in [4.69, 9.17) is 9.47 Å². The molecule has 3 aromatic carbocycles. The first-order valence-electron chi connectivity index (χ1n) is 14.4. The number of piperazine rings is 1. The van der Waals surface area contributed by atoms with Crippen molar-refractivity contribution in [2.24, 2.45) is 0 Å². The maximum absolute atomic E-state index is 12.8. The van der Waals surface area contributed by atoms with E-state index in [2.05, 4.69) is 25.1 Å². The van der Waals surface area contributed by atoms with E-state index in [1.165, 1.54) is 0 Å². The monoisotopic (exact) mass is 565 g/mol. The molecule has 3 atom stereocenters. The van der Waals surface area contributed by atoms with Gasteiger partial charge in [-0.15, -0.1) is 0 Å². The van der Waals surface area contributed by atoms with Crippen LogP contribution in [0.2, 0.25) is 0 Å². The molecule has 42 heavy (non-hydrogen) atoms. The minimum absolute atomic E-state index is 0.00164. The molecule has 1 amide bonds. The van der Waals surface area contributed by atoms with Crippen LogP contribution in [0.25, 0.3) is 0 Å². The van der Waals surface area contributed by atoms with Gasteiger partial charge in [0, 0.05) is 68.4 Å². The molecule has 3 heterocycles. The lowest BCUT2D eigenvalue weighted by Gasteiger charge is -2.40. The predicted molar refractivity (Wildman–Crippen MR) is 160 cm³/mol. The van der Waals surface area contributed by atoms with E-state index in [1.54, 1.807) is 24.5 Å². The molecule has 0 aliphatic carbocycles.